The van der Waals surface area contributed by atoms with E-state index in [0.717, 1.165) is 0 Å². The highest BCUT2D eigenvalue weighted by Gasteiger charge is 2.32. The van der Waals surface area contributed by atoms with Gasteiger partial charge in [-0.1, -0.05) is 40.5 Å². The zero-order chi connectivity index (χ0) is 15.2. The average molecular weight is 282 g/mol. The summed E-state index contributed by atoms with van der Waals surface area (Å²) in [5.41, 5.74) is 0.830. The van der Waals surface area contributed by atoms with Crippen LogP contribution in [0, 0.1) is 5.41 Å². The van der Waals surface area contributed by atoms with E-state index in [4.69, 9.17) is 0 Å². The second-order valence-electron chi connectivity index (χ2n) is 8.24. The molecule has 0 aromatic rings. The molecule has 0 saturated heterocycles. The Morgan fingerprint density at radius 1 is 1.00 bits per heavy atom. The molecule has 0 atom stereocenters. The van der Waals surface area contributed by atoms with E-state index in [9.17, 15) is 0 Å². The van der Waals surface area contributed by atoms with Crippen molar-refractivity contribution in [1.29, 1.82) is 0 Å². The van der Waals surface area contributed by atoms with E-state index >= 15 is 0 Å². The lowest BCUT2D eigenvalue weighted by Gasteiger charge is -2.26. The van der Waals surface area contributed by atoms with E-state index in [0.29, 0.717) is 11.0 Å². The fourth-order valence-corrected chi connectivity index (χ4v) is 2.70. The van der Waals surface area contributed by atoms with Gasteiger partial charge in [-0.05, 0) is 44.9 Å². The molecule has 0 aliphatic carbocycles. The molecule has 0 bridgehead atoms. The molecule has 1 aliphatic rings. The molecular weight excluding hydrogens is 244 g/mol. The Hall–Kier alpha value is -0.530. The van der Waals surface area contributed by atoms with E-state index in [1.54, 1.807) is 0 Å². The van der Waals surface area contributed by atoms with Gasteiger partial charge in [-0.25, -0.2) is 0 Å². The molecule has 0 aromatic heterocycles. The van der Waals surface area contributed by atoms with Crippen LogP contribution < -0.4 is 0 Å². The number of rotatable bonds is 8. The summed E-state index contributed by atoms with van der Waals surface area (Å²) in [5.74, 6) is 0. The molecule has 0 spiro atoms. The minimum absolute atomic E-state index is 0.321. The Balaban J connectivity index is 2.16. The van der Waals surface area contributed by atoms with Crippen LogP contribution in [0.5, 0.6) is 0 Å². The number of nitrogens with zero attached hydrogens (tertiary/aromatic N) is 2. The third-order valence-electron chi connectivity index (χ3n) is 4.70. The summed E-state index contributed by atoms with van der Waals surface area (Å²) >= 11 is 0. The van der Waals surface area contributed by atoms with Gasteiger partial charge < -0.3 is 0 Å². The molecule has 0 saturated carbocycles. The van der Waals surface area contributed by atoms with Crippen molar-refractivity contribution in [2.75, 3.05) is 19.6 Å². The first kappa shape index (κ1) is 17.5. The topological polar surface area (TPSA) is 6.25 Å². The van der Waals surface area contributed by atoms with Crippen LogP contribution in [-0.2, 0) is 0 Å². The third-order valence-corrected chi connectivity index (χ3v) is 4.70. The second-order valence-corrected chi connectivity index (χ2v) is 8.24. The highest BCUT2D eigenvalue weighted by molar-refractivity contribution is 5.51. The van der Waals surface area contributed by atoms with E-state index < -0.39 is 0 Å². The van der Waals surface area contributed by atoms with Crippen molar-refractivity contribution in [3.63, 3.8) is 0 Å². The van der Waals surface area contributed by atoms with Crippen LogP contribution >= 0.6 is 0 Å². The Morgan fingerprint density at radius 3 is 2.25 bits per heavy atom. The van der Waals surface area contributed by atoms with Gasteiger partial charge >= 0.3 is 0 Å². The summed E-state index contributed by atoms with van der Waals surface area (Å²) in [4.78, 5) is 2.52. The van der Waals surface area contributed by atoms with Crippen LogP contribution in [0.4, 0.5) is 0 Å². The first-order valence-corrected chi connectivity index (χ1v) is 8.60. The standard InChI is InChI=1S/C18H37N2/c1-7-18(5,6)20-15-14-19(16-20)13-11-9-8-10-12-17(2,3)4/h16H,7-15H2,1-6H3/q+1. The van der Waals surface area contributed by atoms with Crippen LogP contribution in [0.15, 0.2) is 0 Å². The van der Waals surface area contributed by atoms with Crippen molar-refractivity contribution in [3.05, 3.63) is 0 Å². The fourth-order valence-electron chi connectivity index (χ4n) is 2.70. The maximum Gasteiger partial charge on any atom is 0.234 e. The predicted molar refractivity (Wildman–Crippen MR) is 89.7 cm³/mol. The van der Waals surface area contributed by atoms with Crippen LogP contribution in [0.25, 0.3) is 0 Å². The van der Waals surface area contributed by atoms with Crippen molar-refractivity contribution >= 4 is 6.34 Å². The van der Waals surface area contributed by atoms with Gasteiger partial charge in [-0.2, -0.15) is 0 Å². The Bertz CT molecular complexity index is 310. The number of unbranched alkanes of at least 4 members (excludes halogenated alkanes) is 3. The molecule has 0 fully saturated rings. The van der Waals surface area contributed by atoms with Crippen molar-refractivity contribution in [2.24, 2.45) is 5.41 Å². The normalized spacial score (nSPS) is 16.7. The SMILES string of the molecule is CCC(C)(C)N1C=[N+](CCCCCCC(C)(C)C)CC1. The zero-order valence-corrected chi connectivity index (χ0v) is 14.8. The molecule has 118 valence electrons. The molecule has 1 aliphatic heterocycles. The van der Waals surface area contributed by atoms with Gasteiger partial charge in [-0.15, -0.1) is 0 Å². The van der Waals surface area contributed by atoms with Crippen LogP contribution in [-0.4, -0.2) is 41.0 Å². The fraction of sp³-hybridized carbons (Fsp3) is 0.944. The van der Waals surface area contributed by atoms with Crippen LogP contribution in [0.1, 0.15) is 80.1 Å². The van der Waals surface area contributed by atoms with E-state index in [1.807, 2.05) is 0 Å². The molecule has 20 heavy (non-hydrogen) atoms. The van der Waals surface area contributed by atoms with E-state index in [2.05, 4.69) is 57.4 Å². The lowest BCUT2D eigenvalue weighted by Crippen LogP contribution is -2.41. The largest absolute Gasteiger partial charge is 0.264 e. The Kier molecular flexibility index (Phi) is 6.54. The lowest BCUT2D eigenvalue weighted by atomic mass is 9.89. The summed E-state index contributed by atoms with van der Waals surface area (Å²) in [7, 11) is 0. The van der Waals surface area contributed by atoms with Gasteiger partial charge in [-0.3, -0.25) is 9.48 Å². The molecule has 0 amide bonds. The molecule has 0 N–H and O–H groups in total. The van der Waals surface area contributed by atoms with Crippen molar-refractivity contribution in [2.45, 2.75) is 85.6 Å². The van der Waals surface area contributed by atoms with Crippen molar-refractivity contribution < 1.29 is 4.58 Å². The summed E-state index contributed by atoms with van der Waals surface area (Å²) in [5, 5.41) is 0. The molecule has 0 aromatic carbocycles. The monoisotopic (exact) mass is 281 g/mol. The Labute approximate surface area is 127 Å². The summed E-state index contributed by atoms with van der Waals surface area (Å²) < 4.78 is 2.52. The van der Waals surface area contributed by atoms with Crippen molar-refractivity contribution in [3.8, 4) is 0 Å². The van der Waals surface area contributed by atoms with Gasteiger partial charge in [0.2, 0.25) is 6.34 Å². The second kappa shape index (κ2) is 7.47. The average Bonchev–Trinajstić information content (AvgIpc) is 2.81. The van der Waals surface area contributed by atoms with E-state index in [1.165, 1.54) is 58.2 Å². The molecule has 2 nitrogen and oxygen atoms in total. The maximum absolute atomic E-state index is 2.52. The first-order chi connectivity index (χ1) is 9.24. The minimum atomic E-state index is 0.321. The lowest BCUT2D eigenvalue weighted by molar-refractivity contribution is -0.514. The summed E-state index contributed by atoms with van der Waals surface area (Å²) in [6.45, 7) is 17.7. The summed E-state index contributed by atoms with van der Waals surface area (Å²) in [6, 6.07) is 0. The predicted octanol–water partition coefficient (Wildman–Crippen LogP) is 4.53. The number of hydrogen-bond acceptors (Lipinski definition) is 1. The molecule has 0 unspecified atom stereocenters. The van der Waals surface area contributed by atoms with Crippen LogP contribution in [0.2, 0.25) is 0 Å². The first-order valence-electron chi connectivity index (χ1n) is 8.60. The van der Waals surface area contributed by atoms with Gasteiger partial charge in [0.15, 0.2) is 0 Å². The molecule has 1 heterocycles. The molecule has 2 heteroatoms. The highest BCUT2D eigenvalue weighted by atomic mass is 15.3. The molecular formula is C18H37N2+. The number of hydrogen-bond donors (Lipinski definition) is 0. The quantitative estimate of drug-likeness (QED) is 0.468. The van der Waals surface area contributed by atoms with Crippen LogP contribution in [0.3, 0.4) is 0 Å². The van der Waals surface area contributed by atoms with Crippen molar-refractivity contribution in [1.82, 2.24) is 4.90 Å². The van der Waals surface area contributed by atoms with Gasteiger partial charge in [0.1, 0.15) is 18.6 Å². The van der Waals surface area contributed by atoms with Gasteiger partial charge in [0.25, 0.3) is 0 Å². The highest BCUT2D eigenvalue weighted by Crippen LogP contribution is 2.22. The van der Waals surface area contributed by atoms with Gasteiger partial charge in [0, 0.05) is 0 Å². The smallest absolute Gasteiger partial charge is 0.234 e. The minimum Gasteiger partial charge on any atom is -0.264 e. The third kappa shape index (κ3) is 6.28. The van der Waals surface area contributed by atoms with Gasteiger partial charge in [0.05, 0.1) is 6.54 Å². The summed E-state index contributed by atoms with van der Waals surface area (Å²) in [6.07, 6.45) is 10.5. The zero-order valence-electron chi connectivity index (χ0n) is 14.8. The van der Waals surface area contributed by atoms with E-state index in [-0.39, 0.29) is 0 Å². The molecule has 1 rings (SSSR count). The Morgan fingerprint density at radius 2 is 1.65 bits per heavy atom. The maximum atomic E-state index is 2.52. The molecule has 0 radical (unpaired) electrons.